The van der Waals surface area contributed by atoms with E-state index in [1.807, 2.05) is 78.1 Å². The number of fused-ring (bicyclic) bond motifs is 4. The third-order valence-corrected chi connectivity index (χ3v) is 12.7. The van der Waals surface area contributed by atoms with Gasteiger partial charge in [0.15, 0.2) is 5.82 Å². The first-order valence-electron chi connectivity index (χ1n) is 20.7. The SMILES string of the molecule is N=C(/C(=C1\NC(c2ccc(-c3nc(-c4ccccc4)cc(-c4cccc(-c5cccc6sc7ccccc7c56)c4)n3)cc2)=Cc2ccccc21)c1ccccc1)c1ccccc1. The summed E-state index contributed by atoms with van der Waals surface area (Å²) >= 11 is 1.84. The van der Waals surface area contributed by atoms with Crippen LogP contribution in [0.4, 0.5) is 0 Å². The number of hydrogen-bond donors (Lipinski definition) is 2. The minimum atomic E-state index is 0.458. The van der Waals surface area contributed by atoms with E-state index in [1.54, 1.807) is 0 Å². The second-order valence-electron chi connectivity index (χ2n) is 15.4. The lowest BCUT2D eigenvalue weighted by Crippen LogP contribution is -2.20. The molecule has 0 fully saturated rings. The molecule has 11 rings (SSSR count). The number of allylic oxidation sites excluding steroid dienone is 1. The Morgan fingerprint density at radius 2 is 1.03 bits per heavy atom. The molecule has 3 heterocycles. The van der Waals surface area contributed by atoms with Crippen molar-refractivity contribution in [2.24, 2.45) is 0 Å². The largest absolute Gasteiger partial charge is 0.354 e. The van der Waals surface area contributed by atoms with Crippen LogP contribution in [-0.4, -0.2) is 15.7 Å². The average Bonchev–Trinajstić information content (AvgIpc) is 3.74. The van der Waals surface area contributed by atoms with Crippen molar-refractivity contribution >= 4 is 60.3 Å². The van der Waals surface area contributed by atoms with Crippen LogP contribution in [0.1, 0.15) is 27.8 Å². The van der Waals surface area contributed by atoms with E-state index in [4.69, 9.17) is 9.97 Å². The lowest BCUT2D eigenvalue weighted by molar-refractivity contribution is 1.18. The highest BCUT2D eigenvalue weighted by atomic mass is 32.1. The fourth-order valence-corrected chi connectivity index (χ4v) is 9.64. The van der Waals surface area contributed by atoms with Gasteiger partial charge in [0.25, 0.3) is 0 Å². The predicted molar refractivity (Wildman–Crippen MR) is 261 cm³/mol. The van der Waals surface area contributed by atoms with Gasteiger partial charge in [-0.25, -0.2) is 9.97 Å². The maximum absolute atomic E-state index is 9.53. The molecule has 0 radical (unpaired) electrons. The number of aromatic nitrogens is 2. The summed E-state index contributed by atoms with van der Waals surface area (Å²) in [6.45, 7) is 0. The van der Waals surface area contributed by atoms with Crippen molar-refractivity contribution in [2.75, 3.05) is 0 Å². The molecule has 0 spiro atoms. The van der Waals surface area contributed by atoms with E-state index in [-0.39, 0.29) is 0 Å². The van der Waals surface area contributed by atoms with E-state index in [9.17, 15) is 5.41 Å². The van der Waals surface area contributed by atoms with Gasteiger partial charge in [-0.3, -0.25) is 5.41 Å². The van der Waals surface area contributed by atoms with Gasteiger partial charge in [-0.2, -0.15) is 0 Å². The molecule has 0 aliphatic carbocycles. The molecule has 4 nitrogen and oxygen atoms in total. The zero-order valence-corrected chi connectivity index (χ0v) is 34.4. The van der Waals surface area contributed by atoms with Gasteiger partial charge >= 0.3 is 0 Å². The third kappa shape index (κ3) is 6.90. The fraction of sp³-hybridized carbons (Fsp3) is 0. The Bertz CT molecular complexity index is 3370. The smallest absolute Gasteiger partial charge is 0.160 e. The fourth-order valence-electron chi connectivity index (χ4n) is 8.51. The van der Waals surface area contributed by atoms with Crippen molar-refractivity contribution in [1.29, 1.82) is 5.41 Å². The highest BCUT2D eigenvalue weighted by Crippen LogP contribution is 2.41. The van der Waals surface area contributed by atoms with E-state index in [0.717, 1.165) is 78.4 Å². The molecule has 292 valence electrons. The maximum Gasteiger partial charge on any atom is 0.160 e. The minimum Gasteiger partial charge on any atom is -0.354 e. The summed E-state index contributed by atoms with van der Waals surface area (Å²) in [5.41, 5.74) is 15.2. The summed E-state index contributed by atoms with van der Waals surface area (Å²) in [5, 5.41) is 15.9. The Morgan fingerprint density at radius 3 is 1.82 bits per heavy atom. The topological polar surface area (TPSA) is 61.7 Å². The van der Waals surface area contributed by atoms with Gasteiger partial charge in [0.2, 0.25) is 0 Å². The van der Waals surface area contributed by atoms with Crippen LogP contribution >= 0.6 is 11.3 Å². The van der Waals surface area contributed by atoms with Gasteiger partial charge in [-0.05, 0) is 58.2 Å². The van der Waals surface area contributed by atoms with Crippen LogP contribution in [0.25, 0.3) is 88.2 Å². The van der Waals surface area contributed by atoms with E-state index in [1.165, 1.54) is 25.7 Å². The zero-order chi connectivity index (χ0) is 41.4. The average molecular weight is 811 g/mol. The molecule has 0 saturated heterocycles. The Balaban J connectivity index is 0.992. The van der Waals surface area contributed by atoms with Crippen molar-refractivity contribution in [3.8, 4) is 45.0 Å². The second-order valence-corrected chi connectivity index (χ2v) is 16.5. The highest BCUT2D eigenvalue weighted by Gasteiger charge is 2.24. The first kappa shape index (κ1) is 37.0. The van der Waals surface area contributed by atoms with Crippen LogP contribution in [0, 0.1) is 5.41 Å². The summed E-state index contributed by atoms with van der Waals surface area (Å²) < 4.78 is 2.58. The Kier molecular flexibility index (Phi) is 9.49. The van der Waals surface area contributed by atoms with E-state index >= 15 is 0 Å². The van der Waals surface area contributed by atoms with Crippen molar-refractivity contribution < 1.29 is 0 Å². The van der Waals surface area contributed by atoms with Crippen molar-refractivity contribution in [3.05, 3.63) is 240 Å². The molecule has 0 atom stereocenters. The monoisotopic (exact) mass is 810 g/mol. The second kappa shape index (κ2) is 15.9. The normalized spacial score (nSPS) is 13.0. The molecule has 1 aliphatic heterocycles. The van der Waals surface area contributed by atoms with Crippen LogP contribution in [-0.2, 0) is 0 Å². The van der Waals surface area contributed by atoms with Crippen LogP contribution in [0.15, 0.2) is 212 Å². The number of nitrogens with zero attached hydrogens (tertiary/aromatic N) is 2. The molecule has 62 heavy (non-hydrogen) atoms. The molecule has 2 aromatic heterocycles. The van der Waals surface area contributed by atoms with Gasteiger partial charge in [-0.15, -0.1) is 11.3 Å². The molecule has 0 unspecified atom stereocenters. The number of thiophene rings is 1. The molecule has 5 heteroatoms. The van der Waals surface area contributed by atoms with Crippen LogP contribution in [0.2, 0.25) is 0 Å². The predicted octanol–water partition coefficient (Wildman–Crippen LogP) is 14.6. The third-order valence-electron chi connectivity index (χ3n) is 11.5. The quantitative estimate of drug-likeness (QED) is 0.150. The van der Waals surface area contributed by atoms with Gasteiger partial charge in [0, 0.05) is 59.3 Å². The Morgan fingerprint density at radius 1 is 0.452 bits per heavy atom. The van der Waals surface area contributed by atoms with Gasteiger partial charge < -0.3 is 5.32 Å². The van der Waals surface area contributed by atoms with E-state index in [0.29, 0.717) is 11.5 Å². The van der Waals surface area contributed by atoms with E-state index < -0.39 is 0 Å². The Hall–Kier alpha value is -7.99. The first-order valence-corrected chi connectivity index (χ1v) is 21.5. The molecule has 0 bridgehead atoms. The molecule has 0 amide bonds. The summed E-state index contributed by atoms with van der Waals surface area (Å²) in [6, 6.07) is 73.5. The molecule has 2 N–H and O–H groups in total. The standard InChI is InChI=1S/C57H38N4S/c58-55(40-20-8-3-9-21-40)53(39-18-6-2-7-19-39)56-46-25-11-10-22-43(46)35-48(59-56)38-30-32-41(33-31-38)57-60-49(37-16-4-1-5-17-37)36-50(61-57)44-24-14-23-42(34-44)45-27-15-29-52-54(45)47-26-12-13-28-51(47)62-52/h1-36,58-59H/b56-53-,58-55?. The molecule has 10 aromatic rings. The highest BCUT2D eigenvalue weighted by molar-refractivity contribution is 7.25. The lowest BCUT2D eigenvalue weighted by Gasteiger charge is -2.26. The van der Waals surface area contributed by atoms with Crippen molar-refractivity contribution in [3.63, 3.8) is 0 Å². The lowest BCUT2D eigenvalue weighted by atomic mass is 9.88. The zero-order valence-electron chi connectivity index (χ0n) is 33.6. The first-order chi connectivity index (χ1) is 30.6. The number of benzene rings is 8. The molecular formula is C57H38N4S. The molecular weight excluding hydrogens is 773 g/mol. The van der Waals surface area contributed by atoms with Crippen LogP contribution in [0.3, 0.4) is 0 Å². The van der Waals surface area contributed by atoms with Crippen molar-refractivity contribution in [1.82, 2.24) is 15.3 Å². The number of hydrogen-bond acceptors (Lipinski definition) is 5. The molecule has 1 aliphatic rings. The summed E-state index contributed by atoms with van der Waals surface area (Å²) in [4.78, 5) is 10.4. The minimum absolute atomic E-state index is 0.458. The van der Waals surface area contributed by atoms with Gasteiger partial charge in [-0.1, -0.05) is 188 Å². The molecule has 8 aromatic carbocycles. The van der Waals surface area contributed by atoms with Crippen LogP contribution < -0.4 is 5.32 Å². The van der Waals surface area contributed by atoms with E-state index in [2.05, 4.69) is 157 Å². The summed E-state index contributed by atoms with van der Waals surface area (Å²) in [7, 11) is 0. The van der Waals surface area contributed by atoms with Gasteiger partial charge in [0.1, 0.15) is 0 Å². The number of nitrogens with one attached hydrogen (secondary N) is 2. The number of rotatable bonds is 8. The summed E-state index contributed by atoms with van der Waals surface area (Å²) in [6.07, 6.45) is 2.19. The van der Waals surface area contributed by atoms with Crippen molar-refractivity contribution in [2.45, 2.75) is 0 Å². The Labute approximate surface area is 364 Å². The maximum atomic E-state index is 9.53. The van der Waals surface area contributed by atoms with Crippen LogP contribution in [0.5, 0.6) is 0 Å². The van der Waals surface area contributed by atoms with Gasteiger partial charge in [0.05, 0.1) is 22.8 Å². The molecule has 0 saturated carbocycles. The summed E-state index contributed by atoms with van der Waals surface area (Å²) in [5.74, 6) is 0.656.